The van der Waals surface area contributed by atoms with Gasteiger partial charge < -0.3 is 14.7 Å². The molecule has 0 saturated carbocycles. The molecule has 1 N–H and O–H groups in total. The molecule has 0 aromatic heterocycles. The van der Waals surface area contributed by atoms with Gasteiger partial charge in [0.15, 0.2) is 0 Å². The molecule has 1 heterocycles. The van der Waals surface area contributed by atoms with Gasteiger partial charge in [0.05, 0.1) is 18.2 Å². The monoisotopic (exact) mass is 277 g/mol. The third kappa shape index (κ3) is 3.16. The lowest BCUT2D eigenvalue weighted by molar-refractivity contribution is 0.0710. The van der Waals surface area contributed by atoms with Crippen LogP contribution in [-0.4, -0.2) is 48.8 Å². The van der Waals surface area contributed by atoms with E-state index < -0.39 is 5.82 Å². The number of benzene rings is 1. The van der Waals surface area contributed by atoms with Gasteiger partial charge in [-0.1, -0.05) is 11.8 Å². The zero-order valence-corrected chi connectivity index (χ0v) is 11.2. The summed E-state index contributed by atoms with van der Waals surface area (Å²) in [5, 5.41) is 8.73. The fourth-order valence-corrected chi connectivity index (χ4v) is 2.12. The number of amides is 1. The molecule has 2 rings (SSSR count). The van der Waals surface area contributed by atoms with Crippen molar-refractivity contribution in [3.63, 3.8) is 0 Å². The predicted octanol–water partition coefficient (Wildman–Crippen LogP) is 1.03. The van der Waals surface area contributed by atoms with Gasteiger partial charge in [-0.15, -0.1) is 0 Å². The number of aliphatic hydroxyl groups is 1. The Hall–Kier alpha value is -1.90. The molecule has 1 aromatic carbocycles. The molecule has 0 aliphatic carbocycles. The Kier molecular flexibility index (Phi) is 4.72. The number of carbonyl (C=O) groups is 1. The lowest BCUT2D eigenvalue weighted by Gasteiger charge is -2.23. The lowest BCUT2D eigenvalue weighted by atomic mass is 10.1. The van der Waals surface area contributed by atoms with Crippen molar-refractivity contribution in [2.75, 3.05) is 26.9 Å². The first-order valence-corrected chi connectivity index (χ1v) is 6.37. The van der Waals surface area contributed by atoms with E-state index in [1.165, 1.54) is 18.2 Å². The zero-order valence-electron chi connectivity index (χ0n) is 11.2. The van der Waals surface area contributed by atoms with E-state index in [9.17, 15) is 9.18 Å². The summed E-state index contributed by atoms with van der Waals surface area (Å²) in [6.45, 7) is 0.815. The van der Waals surface area contributed by atoms with Crippen molar-refractivity contribution in [1.82, 2.24) is 4.90 Å². The quantitative estimate of drug-likeness (QED) is 0.821. The Balaban J connectivity index is 2.29. The number of hydrogen-bond donors (Lipinski definition) is 1. The van der Waals surface area contributed by atoms with Gasteiger partial charge in [-0.25, -0.2) is 4.39 Å². The van der Waals surface area contributed by atoms with Gasteiger partial charge in [0, 0.05) is 19.2 Å². The van der Waals surface area contributed by atoms with Gasteiger partial charge in [0.1, 0.15) is 12.4 Å². The fourth-order valence-electron chi connectivity index (χ4n) is 2.12. The minimum absolute atomic E-state index is 0.00409. The Morgan fingerprint density at radius 1 is 1.60 bits per heavy atom. The maximum Gasteiger partial charge on any atom is 0.255 e. The molecule has 1 atom stereocenters. The molecular formula is C15H16FNO3. The van der Waals surface area contributed by atoms with Crippen LogP contribution in [0.3, 0.4) is 0 Å². The number of likely N-dealkylation sites (N-methyl/N-ethyl adjacent to an activating group) is 1. The summed E-state index contributed by atoms with van der Waals surface area (Å²) in [4.78, 5) is 14.0. The summed E-state index contributed by atoms with van der Waals surface area (Å²) in [6.07, 6.45) is 0.773. The third-order valence-corrected chi connectivity index (χ3v) is 3.29. The largest absolute Gasteiger partial charge is 0.384 e. The maximum absolute atomic E-state index is 13.4. The fraction of sp³-hybridized carbons (Fsp3) is 0.400. The average Bonchev–Trinajstić information content (AvgIpc) is 2.98. The second-order valence-electron chi connectivity index (χ2n) is 4.58. The minimum Gasteiger partial charge on any atom is -0.384 e. The zero-order chi connectivity index (χ0) is 14.5. The van der Waals surface area contributed by atoms with Gasteiger partial charge in [-0.2, -0.15) is 0 Å². The number of hydrogen-bond acceptors (Lipinski definition) is 3. The van der Waals surface area contributed by atoms with Crippen LogP contribution in [0.5, 0.6) is 0 Å². The van der Waals surface area contributed by atoms with E-state index in [1.807, 2.05) is 0 Å². The van der Waals surface area contributed by atoms with E-state index in [0.717, 1.165) is 6.42 Å². The standard InChI is InChI=1S/C15H16FNO3/c1-17(13-6-8-20-10-13)15(19)14-9-12(16)5-4-11(14)3-2-7-18/h4-5,9,13,18H,6-8,10H2,1H3. The summed E-state index contributed by atoms with van der Waals surface area (Å²) < 4.78 is 18.6. The predicted molar refractivity (Wildman–Crippen MR) is 71.7 cm³/mol. The molecule has 0 bridgehead atoms. The number of ether oxygens (including phenoxy) is 1. The van der Waals surface area contributed by atoms with Crippen molar-refractivity contribution in [2.45, 2.75) is 12.5 Å². The summed E-state index contributed by atoms with van der Waals surface area (Å²) >= 11 is 0. The molecular weight excluding hydrogens is 261 g/mol. The summed E-state index contributed by atoms with van der Waals surface area (Å²) in [7, 11) is 1.68. The highest BCUT2D eigenvalue weighted by Crippen LogP contribution is 2.17. The first-order valence-electron chi connectivity index (χ1n) is 6.37. The Labute approximate surface area is 117 Å². The molecule has 1 aliphatic rings. The molecule has 20 heavy (non-hydrogen) atoms. The van der Waals surface area contributed by atoms with E-state index in [-0.39, 0.29) is 24.1 Å². The van der Waals surface area contributed by atoms with Crippen LogP contribution < -0.4 is 0 Å². The van der Waals surface area contributed by atoms with Crippen LogP contribution in [0.2, 0.25) is 0 Å². The highest BCUT2D eigenvalue weighted by molar-refractivity contribution is 5.96. The van der Waals surface area contributed by atoms with Crippen molar-refractivity contribution in [1.29, 1.82) is 0 Å². The summed E-state index contributed by atoms with van der Waals surface area (Å²) in [5.41, 5.74) is 0.622. The van der Waals surface area contributed by atoms with Crippen LogP contribution >= 0.6 is 0 Å². The first kappa shape index (κ1) is 14.5. The highest BCUT2D eigenvalue weighted by Gasteiger charge is 2.26. The van der Waals surface area contributed by atoms with E-state index in [2.05, 4.69) is 11.8 Å². The number of aliphatic hydroxyl groups excluding tert-OH is 1. The topological polar surface area (TPSA) is 49.8 Å². The van der Waals surface area contributed by atoms with Crippen molar-refractivity contribution in [2.24, 2.45) is 0 Å². The Morgan fingerprint density at radius 3 is 3.05 bits per heavy atom. The van der Waals surface area contributed by atoms with Crippen molar-refractivity contribution < 1.29 is 19.0 Å². The highest BCUT2D eigenvalue weighted by atomic mass is 19.1. The Bertz CT molecular complexity index is 556. The molecule has 1 aromatic rings. The second kappa shape index (κ2) is 6.51. The first-order chi connectivity index (χ1) is 9.63. The summed E-state index contributed by atoms with van der Waals surface area (Å²) in [6, 6.07) is 3.88. The van der Waals surface area contributed by atoms with E-state index in [4.69, 9.17) is 9.84 Å². The third-order valence-electron chi connectivity index (χ3n) is 3.29. The number of rotatable bonds is 2. The molecule has 1 aliphatic heterocycles. The molecule has 0 radical (unpaired) electrons. The molecule has 5 heteroatoms. The molecule has 1 unspecified atom stereocenters. The van der Waals surface area contributed by atoms with E-state index >= 15 is 0 Å². The minimum atomic E-state index is -0.487. The van der Waals surface area contributed by atoms with Gasteiger partial charge in [0.2, 0.25) is 0 Å². The lowest BCUT2D eigenvalue weighted by Crippen LogP contribution is -2.37. The Morgan fingerprint density at radius 2 is 2.40 bits per heavy atom. The van der Waals surface area contributed by atoms with Gasteiger partial charge in [-0.3, -0.25) is 4.79 Å². The van der Waals surface area contributed by atoms with Crippen LogP contribution in [0.1, 0.15) is 22.3 Å². The molecule has 106 valence electrons. The van der Waals surface area contributed by atoms with E-state index in [0.29, 0.717) is 18.8 Å². The molecule has 1 fully saturated rings. The SMILES string of the molecule is CN(C(=O)c1cc(F)ccc1C#CCO)C1CCOC1. The van der Waals surface area contributed by atoms with Gasteiger partial charge in [-0.05, 0) is 24.6 Å². The van der Waals surface area contributed by atoms with E-state index in [1.54, 1.807) is 11.9 Å². The summed E-state index contributed by atoms with van der Waals surface area (Å²) in [5.74, 6) is 4.37. The molecule has 1 saturated heterocycles. The van der Waals surface area contributed by atoms with Crippen molar-refractivity contribution >= 4 is 5.91 Å². The van der Waals surface area contributed by atoms with Crippen LogP contribution in [0.25, 0.3) is 0 Å². The number of nitrogens with zero attached hydrogens (tertiary/aromatic N) is 1. The second-order valence-corrected chi connectivity index (χ2v) is 4.58. The van der Waals surface area contributed by atoms with Crippen LogP contribution in [0.4, 0.5) is 4.39 Å². The molecule has 1 amide bonds. The van der Waals surface area contributed by atoms with Crippen LogP contribution in [0.15, 0.2) is 18.2 Å². The maximum atomic E-state index is 13.4. The molecule has 4 nitrogen and oxygen atoms in total. The molecule has 0 spiro atoms. The number of carbonyl (C=O) groups excluding carboxylic acids is 1. The average molecular weight is 277 g/mol. The van der Waals surface area contributed by atoms with Crippen molar-refractivity contribution in [3.05, 3.63) is 35.1 Å². The van der Waals surface area contributed by atoms with Crippen LogP contribution in [-0.2, 0) is 4.74 Å². The van der Waals surface area contributed by atoms with Crippen molar-refractivity contribution in [3.8, 4) is 11.8 Å². The smallest absolute Gasteiger partial charge is 0.255 e. The number of halogens is 1. The van der Waals surface area contributed by atoms with Crippen LogP contribution in [0, 0.1) is 17.7 Å². The van der Waals surface area contributed by atoms with Gasteiger partial charge >= 0.3 is 0 Å². The normalized spacial score (nSPS) is 17.4. The van der Waals surface area contributed by atoms with Gasteiger partial charge in [0.25, 0.3) is 5.91 Å².